The number of thiophene rings is 1. The molecule has 0 aliphatic heterocycles. The zero-order valence-corrected chi connectivity index (χ0v) is 17.1. The fraction of sp³-hybridized carbons (Fsp3) is 0.333. The topological polar surface area (TPSA) is 60.3 Å². The number of amides is 1. The number of aromatic nitrogens is 1. The van der Waals surface area contributed by atoms with Crippen molar-refractivity contribution < 1.29 is 14.3 Å². The summed E-state index contributed by atoms with van der Waals surface area (Å²) in [4.78, 5) is 26.6. The highest BCUT2D eigenvalue weighted by atomic mass is 32.1. The lowest BCUT2D eigenvalue weighted by molar-refractivity contribution is -0.119. The van der Waals surface area contributed by atoms with Gasteiger partial charge in [-0.05, 0) is 50.5 Å². The molecule has 0 saturated carbocycles. The average Bonchev–Trinajstić information content (AvgIpc) is 3.15. The van der Waals surface area contributed by atoms with Gasteiger partial charge in [0.15, 0.2) is 0 Å². The van der Waals surface area contributed by atoms with Crippen molar-refractivity contribution in [1.82, 2.24) is 4.57 Å². The van der Waals surface area contributed by atoms with Crippen LogP contribution in [0.2, 0.25) is 0 Å². The number of methoxy groups -OCH3 is 1. The highest BCUT2D eigenvalue weighted by Gasteiger charge is 2.27. The van der Waals surface area contributed by atoms with Crippen LogP contribution in [0.1, 0.15) is 45.9 Å². The van der Waals surface area contributed by atoms with Crippen molar-refractivity contribution in [3.63, 3.8) is 0 Å². The molecule has 5 nitrogen and oxygen atoms in total. The third-order valence-corrected chi connectivity index (χ3v) is 5.76. The van der Waals surface area contributed by atoms with E-state index in [1.165, 1.54) is 7.11 Å². The Morgan fingerprint density at radius 3 is 2.44 bits per heavy atom. The number of ether oxygens (including phenoxy) is 1. The number of hydrogen-bond donors (Lipinski definition) is 1. The van der Waals surface area contributed by atoms with Crippen LogP contribution in [0, 0.1) is 20.8 Å². The van der Waals surface area contributed by atoms with Gasteiger partial charge in [0.25, 0.3) is 0 Å². The molecule has 0 aliphatic carbocycles. The molecule has 1 amide bonds. The third-order valence-electron chi connectivity index (χ3n) is 4.78. The van der Waals surface area contributed by atoms with E-state index in [0.29, 0.717) is 12.1 Å². The molecule has 0 bridgehead atoms. The normalized spacial score (nSPS) is 12.2. The SMILES string of the molecule is CCC(C(=O)Nc1c(C)cccc1C)n1c(C(=O)OC)cc2sc(C)cc21. The Hall–Kier alpha value is -2.60. The van der Waals surface area contributed by atoms with Crippen molar-refractivity contribution in [3.05, 3.63) is 52.0 Å². The van der Waals surface area contributed by atoms with Crippen LogP contribution in [0.5, 0.6) is 0 Å². The van der Waals surface area contributed by atoms with Gasteiger partial charge in [-0.1, -0.05) is 25.1 Å². The molecule has 3 rings (SSSR count). The monoisotopic (exact) mass is 384 g/mol. The summed E-state index contributed by atoms with van der Waals surface area (Å²) in [6, 6.07) is 9.23. The molecule has 0 radical (unpaired) electrons. The van der Waals surface area contributed by atoms with Gasteiger partial charge in [0.2, 0.25) is 5.91 Å². The molecule has 142 valence electrons. The summed E-state index contributed by atoms with van der Waals surface area (Å²) >= 11 is 1.60. The maximum Gasteiger partial charge on any atom is 0.354 e. The summed E-state index contributed by atoms with van der Waals surface area (Å²) in [5, 5.41) is 3.06. The Kier molecular flexibility index (Phi) is 5.37. The van der Waals surface area contributed by atoms with Crippen LogP contribution in [-0.4, -0.2) is 23.6 Å². The van der Waals surface area contributed by atoms with Crippen LogP contribution in [0.25, 0.3) is 10.2 Å². The smallest absolute Gasteiger partial charge is 0.354 e. The Morgan fingerprint density at radius 1 is 1.19 bits per heavy atom. The summed E-state index contributed by atoms with van der Waals surface area (Å²) in [5.41, 5.74) is 4.14. The predicted octanol–water partition coefficient (Wildman–Crippen LogP) is 5.00. The van der Waals surface area contributed by atoms with E-state index in [-0.39, 0.29) is 5.91 Å². The van der Waals surface area contributed by atoms with Crippen molar-refractivity contribution in [2.75, 3.05) is 12.4 Å². The minimum absolute atomic E-state index is 0.138. The van der Waals surface area contributed by atoms with E-state index in [2.05, 4.69) is 5.32 Å². The zero-order chi connectivity index (χ0) is 19.7. The lowest BCUT2D eigenvalue weighted by Gasteiger charge is -2.21. The first kappa shape index (κ1) is 19.2. The number of nitrogens with one attached hydrogen (secondary N) is 1. The molecule has 27 heavy (non-hydrogen) atoms. The van der Waals surface area contributed by atoms with Crippen molar-refractivity contribution >= 4 is 39.1 Å². The largest absolute Gasteiger partial charge is 0.464 e. The number of benzene rings is 1. The molecule has 6 heteroatoms. The van der Waals surface area contributed by atoms with Gasteiger partial charge < -0.3 is 14.6 Å². The summed E-state index contributed by atoms with van der Waals surface area (Å²) in [5.74, 6) is -0.573. The molecule has 0 fully saturated rings. The van der Waals surface area contributed by atoms with Crippen molar-refractivity contribution in [2.45, 2.75) is 40.2 Å². The minimum atomic E-state index is -0.510. The number of fused-ring (bicyclic) bond motifs is 1. The van der Waals surface area contributed by atoms with Gasteiger partial charge in [0, 0.05) is 10.6 Å². The number of carbonyl (C=O) groups is 2. The summed E-state index contributed by atoms with van der Waals surface area (Å²) < 4.78 is 7.74. The Bertz CT molecular complexity index is 996. The lowest BCUT2D eigenvalue weighted by Crippen LogP contribution is -2.28. The highest BCUT2D eigenvalue weighted by molar-refractivity contribution is 7.19. The number of aryl methyl sites for hydroxylation is 3. The number of esters is 1. The second kappa shape index (κ2) is 7.56. The van der Waals surface area contributed by atoms with Gasteiger partial charge >= 0.3 is 5.97 Å². The van der Waals surface area contributed by atoms with Crippen LogP contribution in [0.3, 0.4) is 0 Å². The number of nitrogens with zero attached hydrogens (tertiary/aromatic N) is 1. The maximum atomic E-state index is 13.2. The van der Waals surface area contributed by atoms with E-state index >= 15 is 0 Å². The van der Waals surface area contributed by atoms with Gasteiger partial charge in [-0.25, -0.2) is 4.79 Å². The summed E-state index contributed by atoms with van der Waals surface area (Å²) in [6.45, 7) is 7.91. The molecule has 0 spiro atoms. The summed E-state index contributed by atoms with van der Waals surface area (Å²) in [6.07, 6.45) is 0.555. The molecule has 1 unspecified atom stereocenters. The molecule has 2 heterocycles. The van der Waals surface area contributed by atoms with Gasteiger partial charge in [0.1, 0.15) is 11.7 Å². The Morgan fingerprint density at radius 2 is 1.85 bits per heavy atom. The number of carbonyl (C=O) groups excluding carboxylic acids is 2. The Balaban J connectivity index is 2.07. The molecule has 3 aromatic rings. The van der Waals surface area contributed by atoms with Crippen molar-refractivity contribution in [1.29, 1.82) is 0 Å². The first-order valence-electron chi connectivity index (χ1n) is 8.94. The van der Waals surface area contributed by atoms with E-state index in [4.69, 9.17) is 4.74 Å². The van der Waals surface area contributed by atoms with Gasteiger partial charge in [-0.3, -0.25) is 4.79 Å². The van der Waals surface area contributed by atoms with Crippen LogP contribution < -0.4 is 5.32 Å². The van der Waals surface area contributed by atoms with Crippen LogP contribution in [-0.2, 0) is 9.53 Å². The first-order valence-corrected chi connectivity index (χ1v) is 9.75. The molecule has 1 N–H and O–H groups in total. The van der Waals surface area contributed by atoms with E-state index in [9.17, 15) is 9.59 Å². The van der Waals surface area contributed by atoms with Gasteiger partial charge in [-0.2, -0.15) is 0 Å². The van der Waals surface area contributed by atoms with Crippen LogP contribution >= 0.6 is 11.3 Å². The maximum absolute atomic E-state index is 13.2. The number of rotatable bonds is 5. The minimum Gasteiger partial charge on any atom is -0.464 e. The van der Waals surface area contributed by atoms with E-state index in [1.54, 1.807) is 11.3 Å². The highest BCUT2D eigenvalue weighted by Crippen LogP contribution is 2.33. The second-order valence-corrected chi connectivity index (χ2v) is 7.97. The van der Waals surface area contributed by atoms with Gasteiger partial charge in [0.05, 0.1) is 17.3 Å². The molecule has 1 atom stereocenters. The van der Waals surface area contributed by atoms with E-state index in [1.807, 2.05) is 62.6 Å². The number of hydrogen-bond acceptors (Lipinski definition) is 4. The molecular formula is C21H24N2O3S. The third kappa shape index (κ3) is 3.49. The van der Waals surface area contributed by atoms with Crippen molar-refractivity contribution in [3.8, 4) is 0 Å². The number of anilines is 1. The fourth-order valence-corrected chi connectivity index (χ4v) is 4.38. The molecule has 2 aromatic heterocycles. The standard InChI is InChI=1S/C21H24N2O3S/c1-6-15(20(24)22-19-12(2)8-7-9-13(19)3)23-16-10-14(4)27-18(16)11-17(23)21(25)26-5/h7-11,15H,6H2,1-5H3,(H,22,24). The first-order chi connectivity index (χ1) is 12.9. The van der Waals surface area contributed by atoms with Crippen LogP contribution in [0.15, 0.2) is 30.3 Å². The number of para-hydroxylation sites is 1. The van der Waals surface area contributed by atoms with Crippen molar-refractivity contribution in [2.24, 2.45) is 0 Å². The molecular weight excluding hydrogens is 360 g/mol. The average molecular weight is 385 g/mol. The predicted molar refractivity (Wildman–Crippen MR) is 110 cm³/mol. The molecule has 1 aromatic carbocycles. The Labute approximate surface area is 163 Å². The molecule has 0 aliphatic rings. The summed E-state index contributed by atoms with van der Waals surface area (Å²) in [7, 11) is 1.36. The fourth-order valence-electron chi connectivity index (χ4n) is 3.43. The second-order valence-electron chi connectivity index (χ2n) is 6.68. The van der Waals surface area contributed by atoms with Crippen LogP contribution in [0.4, 0.5) is 5.69 Å². The van der Waals surface area contributed by atoms with E-state index < -0.39 is 12.0 Å². The van der Waals surface area contributed by atoms with E-state index in [0.717, 1.165) is 31.9 Å². The molecule has 0 saturated heterocycles. The quantitative estimate of drug-likeness (QED) is 0.630. The lowest BCUT2D eigenvalue weighted by atomic mass is 10.1. The zero-order valence-electron chi connectivity index (χ0n) is 16.3. The van der Waals surface area contributed by atoms with Gasteiger partial charge in [-0.15, -0.1) is 11.3 Å².